The predicted octanol–water partition coefficient (Wildman–Crippen LogP) is 1.67. The molecule has 0 unspecified atom stereocenters. The highest BCUT2D eigenvalue weighted by molar-refractivity contribution is 5.97. The fourth-order valence-electron chi connectivity index (χ4n) is 2.73. The number of aryl methyl sites for hydroxylation is 2. The van der Waals surface area contributed by atoms with Crippen LogP contribution in [-0.4, -0.2) is 27.0 Å². The third-order valence-electron chi connectivity index (χ3n) is 4.05. The SMILES string of the molecule is CCOc1ccccc1CCn1cnc(-c2cc(/C(N)=N/NN)ccn2)c1. The molecule has 0 aliphatic carbocycles. The second kappa shape index (κ2) is 8.81. The average Bonchev–Trinajstić information content (AvgIpc) is 3.17. The number of hydrogen-bond acceptors (Lipinski definition) is 6. The van der Waals surface area contributed by atoms with Gasteiger partial charge in [-0.1, -0.05) is 18.2 Å². The van der Waals surface area contributed by atoms with Crippen molar-refractivity contribution in [1.29, 1.82) is 0 Å². The van der Waals surface area contributed by atoms with E-state index in [1.165, 1.54) is 5.56 Å². The molecule has 2 aromatic heterocycles. The molecule has 1 aromatic carbocycles. The molecule has 27 heavy (non-hydrogen) atoms. The first-order valence-electron chi connectivity index (χ1n) is 8.69. The summed E-state index contributed by atoms with van der Waals surface area (Å²) in [5, 5.41) is 3.78. The second-order valence-corrected chi connectivity index (χ2v) is 5.84. The van der Waals surface area contributed by atoms with Gasteiger partial charge in [-0.3, -0.25) is 4.98 Å². The van der Waals surface area contributed by atoms with Gasteiger partial charge in [0.2, 0.25) is 0 Å². The lowest BCUT2D eigenvalue weighted by molar-refractivity contribution is 0.336. The molecule has 8 heteroatoms. The first kappa shape index (κ1) is 18.4. The summed E-state index contributed by atoms with van der Waals surface area (Å²) in [6.07, 6.45) is 6.28. The maximum Gasteiger partial charge on any atom is 0.152 e. The van der Waals surface area contributed by atoms with E-state index in [4.69, 9.17) is 16.3 Å². The van der Waals surface area contributed by atoms with Crippen molar-refractivity contribution in [3.8, 4) is 17.1 Å². The number of ether oxygens (including phenoxy) is 1. The molecule has 0 spiro atoms. The lowest BCUT2D eigenvalue weighted by Crippen LogP contribution is -2.23. The van der Waals surface area contributed by atoms with Gasteiger partial charge in [0.05, 0.1) is 18.6 Å². The van der Waals surface area contributed by atoms with Crippen molar-refractivity contribution >= 4 is 5.84 Å². The smallest absolute Gasteiger partial charge is 0.152 e. The highest BCUT2D eigenvalue weighted by atomic mass is 16.5. The summed E-state index contributed by atoms with van der Waals surface area (Å²) in [6.45, 7) is 3.43. The van der Waals surface area contributed by atoms with E-state index in [1.54, 1.807) is 18.6 Å². The second-order valence-electron chi connectivity index (χ2n) is 5.84. The van der Waals surface area contributed by atoms with Crippen LogP contribution in [0.25, 0.3) is 11.4 Å². The number of hydrogen-bond donors (Lipinski definition) is 3. The molecule has 3 rings (SSSR count). The summed E-state index contributed by atoms with van der Waals surface area (Å²) in [4.78, 5) is 8.82. The number of hydrazone groups is 1. The van der Waals surface area contributed by atoms with Gasteiger partial charge in [0.25, 0.3) is 0 Å². The van der Waals surface area contributed by atoms with E-state index >= 15 is 0 Å². The van der Waals surface area contributed by atoms with E-state index in [0.717, 1.165) is 35.7 Å². The van der Waals surface area contributed by atoms with Crippen LogP contribution in [0, 0.1) is 0 Å². The standard InChI is InChI=1S/C19H23N7O/c1-2-27-18-6-4-3-5-14(18)8-10-26-12-17(23-13-26)16-11-15(7-9-22-16)19(20)24-25-21/h3-7,9,11-13,25H,2,8,10,21H2,1H3,(H2,20,24). The minimum absolute atomic E-state index is 0.285. The topological polar surface area (TPSA) is 116 Å². The maximum absolute atomic E-state index is 5.85. The zero-order valence-corrected chi connectivity index (χ0v) is 15.2. The highest BCUT2D eigenvalue weighted by Crippen LogP contribution is 2.20. The predicted molar refractivity (Wildman–Crippen MR) is 105 cm³/mol. The first-order chi connectivity index (χ1) is 13.2. The molecule has 140 valence electrons. The van der Waals surface area contributed by atoms with E-state index in [-0.39, 0.29) is 5.84 Å². The van der Waals surface area contributed by atoms with Crippen LogP contribution in [0.15, 0.2) is 60.2 Å². The van der Waals surface area contributed by atoms with Crippen LogP contribution in [0.3, 0.4) is 0 Å². The molecule has 0 amide bonds. The number of aromatic nitrogens is 3. The number of rotatable bonds is 8. The number of imidazole rings is 1. The zero-order valence-electron chi connectivity index (χ0n) is 15.2. The molecule has 0 bridgehead atoms. The van der Waals surface area contributed by atoms with Gasteiger partial charge in [0, 0.05) is 24.5 Å². The molecule has 3 aromatic rings. The molecular weight excluding hydrogens is 342 g/mol. The number of pyridine rings is 1. The van der Waals surface area contributed by atoms with Gasteiger partial charge in [-0.05, 0) is 37.1 Å². The van der Waals surface area contributed by atoms with Crippen LogP contribution in [0.4, 0.5) is 0 Å². The fraction of sp³-hybridized carbons (Fsp3) is 0.211. The molecule has 2 heterocycles. The van der Waals surface area contributed by atoms with Crippen LogP contribution in [0.1, 0.15) is 18.1 Å². The first-order valence-corrected chi connectivity index (χ1v) is 8.69. The highest BCUT2D eigenvalue weighted by Gasteiger charge is 2.08. The molecular formula is C19H23N7O. The van der Waals surface area contributed by atoms with Crippen molar-refractivity contribution in [2.24, 2.45) is 16.7 Å². The Labute approximate surface area is 157 Å². The summed E-state index contributed by atoms with van der Waals surface area (Å²) < 4.78 is 7.72. The zero-order chi connectivity index (χ0) is 19.1. The van der Waals surface area contributed by atoms with Gasteiger partial charge in [-0.25, -0.2) is 16.4 Å². The van der Waals surface area contributed by atoms with Gasteiger partial charge in [0.1, 0.15) is 11.4 Å². The third kappa shape index (κ3) is 4.62. The summed E-state index contributed by atoms with van der Waals surface area (Å²) in [7, 11) is 0. The maximum atomic E-state index is 5.85. The van der Waals surface area contributed by atoms with Crippen molar-refractivity contribution in [2.45, 2.75) is 19.9 Å². The molecule has 8 nitrogen and oxygen atoms in total. The molecule has 0 aliphatic rings. The van der Waals surface area contributed by atoms with Crippen LogP contribution >= 0.6 is 0 Å². The van der Waals surface area contributed by atoms with Crippen molar-refractivity contribution in [1.82, 2.24) is 20.1 Å². The van der Waals surface area contributed by atoms with Crippen molar-refractivity contribution in [2.75, 3.05) is 6.61 Å². The molecule has 0 aliphatic heterocycles. The number of para-hydroxylation sites is 1. The Morgan fingerprint density at radius 3 is 2.89 bits per heavy atom. The van der Waals surface area contributed by atoms with Gasteiger partial charge in [-0.2, -0.15) is 0 Å². The Balaban J connectivity index is 1.72. The molecule has 0 radical (unpaired) electrons. The van der Waals surface area contributed by atoms with Crippen LogP contribution in [-0.2, 0) is 13.0 Å². The number of nitrogens with zero attached hydrogens (tertiary/aromatic N) is 4. The number of benzene rings is 1. The lowest BCUT2D eigenvalue weighted by atomic mass is 10.1. The van der Waals surface area contributed by atoms with Crippen molar-refractivity contribution in [3.63, 3.8) is 0 Å². The van der Waals surface area contributed by atoms with Crippen LogP contribution in [0.5, 0.6) is 5.75 Å². The molecule has 0 atom stereocenters. The van der Waals surface area contributed by atoms with E-state index in [9.17, 15) is 0 Å². The number of amidine groups is 1. The van der Waals surface area contributed by atoms with Crippen LogP contribution < -0.4 is 21.8 Å². The molecule has 5 N–H and O–H groups in total. The van der Waals surface area contributed by atoms with E-state index in [0.29, 0.717) is 6.61 Å². The summed E-state index contributed by atoms with van der Waals surface area (Å²) >= 11 is 0. The summed E-state index contributed by atoms with van der Waals surface area (Å²) in [5.41, 5.74) is 11.4. The van der Waals surface area contributed by atoms with Crippen molar-refractivity contribution < 1.29 is 4.74 Å². The number of hydrazine groups is 1. The monoisotopic (exact) mass is 365 g/mol. The van der Waals surface area contributed by atoms with E-state index < -0.39 is 0 Å². The quantitative estimate of drug-likeness (QED) is 0.242. The number of nitrogens with one attached hydrogen (secondary N) is 1. The largest absolute Gasteiger partial charge is 0.494 e. The van der Waals surface area contributed by atoms with E-state index in [1.807, 2.05) is 42.0 Å². The number of nitrogens with two attached hydrogens (primary N) is 2. The minimum Gasteiger partial charge on any atom is -0.494 e. The molecule has 0 saturated heterocycles. The third-order valence-corrected chi connectivity index (χ3v) is 4.05. The molecule has 0 fully saturated rings. The Bertz CT molecular complexity index is 920. The molecule has 0 saturated carbocycles. The van der Waals surface area contributed by atoms with Gasteiger partial charge in [-0.15, -0.1) is 5.10 Å². The Hall–Kier alpha value is -3.39. The fourth-order valence-corrected chi connectivity index (χ4v) is 2.73. The van der Waals surface area contributed by atoms with Crippen molar-refractivity contribution in [3.05, 3.63) is 66.2 Å². The Kier molecular flexibility index (Phi) is 6.01. The van der Waals surface area contributed by atoms with Gasteiger partial charge >= 0.3 is 0 Å². The van der Waals surface area contributed by atoms with Gasteiger partial charge in [0.15, 0.2) is 5.84 Å². The Morgan fingerprint density at radius 1 is 1.22 bits per heavy atom. The van der Waals surface area contributed by atoms with Crippen LogP contribution in [0.2, 0.25) is 0 Å². The van der Waals surface area contributed by atoms with E-state index in [2.05, 4.69) is 26.7 Å². The lowest BCUT2D eigenvalue weighted by Gasteiger charge is -2.10. The summed E-state index contributed by atoms with van der Waals surface area (Å²) in [6, 6.07) is 11.7. The Morgan fingerprint density at radius 2 is 2.07 bits per heavy atom. The van der Waals surface area contributed by atoms with Gasteiger partial charge < -0.3 is 15.0 Å². The minimum atomic E-state index is 0.285. The normalized spacial score (nSPS) is 11.4. The average molecular weight is 365 g/mol. The summed E-state index contributed by atoms with van der Waals surface area (Å²) in [5.74, 6) is 6.39.